The molecule has 1 rings (SSSR count). The summed E-state index contributed by atoms with van der Waals surface area (Å²) in [5, 5.41) is 0. The quantitative estimate of drug-likeness (QED) is 0.762. The molecule has 1 amide bonds. The van der Waals surface area contributed by atoms with Crippen molar-refractivity contribution in [1.29, 1.82) is 0 Å². The number of carbonyl (C=O) groups excluding carboxylic acids is 2. The zero-order chi connectivity index (χ0) is 15.3. The Morgan fingerprint density at radius 1 is 1.10 bits per heavy atom. The van der Waals surface area contributed by atoms with Crippen molar-refractivity contribution in [2.75, 3.05) is 28.3 Å². The van der Waals surface area contributed by atoms with E-state index in [1.165, 1.54) is 26.0 Å². The number of rotatable bonds is 5. The molecular weight excluding hydrogens is 262 g/mol. The number of ether oxygens (including phenoxy) is 3. The highest BCUT2D eigenvalue weighted by Crippen LogP contribution is 2.29. The van der Waals surface area contributed by atoms with Crippen LogP contribution in [0, 0.1) is 0 Å². The van der Waals surface area contributed by atoms with Gasteiger partial charge in [-0.3, -0.25) is 4.79 Å². The molecule has 0 bridgehead atoms. The van der Waals surface area contributed by atoms with E-state index < -0.39 is 12.1 Å². The first-order valence-corrected chi connectivity index (χ1v) is 6.05. The standard InChI is InChI=1S/C14H19NO5/c1-9(13(16)15(2)3)20-14(17)12-10(18-4)7-6-8-11(12)19-5/h6-9H,1-5H3/t9-/m1/s1. The molecule has 0 aliphatic heterocycles. The van der Waals surface area contributed by atoms with Gasteiger partial charge in [0.2, 0.25) is 0 Å². The first-order valence-electron chi connectivity index (χ1n) is 6.05. The molecule has 110 valence electrons. The zero-order valence-electron chi connectivity index (χ0n) is 12.3. The third-order valence-electron chi connectivity index (χ3n) is 2.70. The fraction of sp³-hybridized carbons (Fsp3) is 0.429. The largest absolute Gasteiger partial charge is 0.496 e. The van der Waals surface area contributed by atoms with Gasteiger partial charge in [0.15, 0.2) is 6.10 Å². The van der Waals surface area contributed by atoms with Crippen LogP contribution in [0.5, 0.6) is 11.5 Å². The van der Waals surface area contributed by atoms with Crippen LogP contribution in [-0.4, -0.2) is 51.2 Å². The summed E-state index contributed by atoms with van der Waals surface area (Å²) >= 11 is 0. The summed E-state index contributed by atoms with van der Waals surface area (Å²) in [5.74, 6) is -0.299. The highest BCUT2D eigenvalue weighted by atomic mass is 16.6. The minimum Gasteiger partial charge on any atom is -0.496 e. The van der Waals surface area contributed by atoms with Crippen molar-refractivity contribution in [3.63, 3.8) is 0 Å². The number of nitrogens with zero attached hydrogens (tertiary/aromatic N) is 1. The summed E-state index contributed by atoms with van der Waals surface area (Å²) in [4.78, 5) is 25.3. The molecular formula is C14H19NO5. The van der Waals surface area contributed by atoms with Crippen molar-refractivity contribution >= 4 is 11.9 Å². The highest BCUT2D eigenvalue weighted by molar-refractivity contribution is 5.97. The van der Waals surface area contributed by atoms with Gasteiger partial charge < -0.3 is 19.1 Å². The second-order valence-electron chi connectivity index (χ2n) is 4.32. The third-order valence-corrected chi connectivity index (χ3v) is 2.70. The van der Waals surface area contributed by atoms with E-state index in [9.17, 15) is 9.59 Å². The molecule has 0 aromatic heterocycles. The van der Waals surface area contributed by atoms with E-state index in [1.54, 1.807) is 32.3 Å². The summed E-state index contributed by atoms with van der Waals surface area (Å²) < 4.78 is 15.4. The first kappa shape index (κ1) is 15.8. The lowest BCUT2D eigenvalue weighted by molar-refractivity contribution is -0.137. The lowest BCUT2D eigenvalue weighted by Gasteiger charge is -2.18. The van der Waals surface area contributed by atoms with Crippen LogP contribution in [0.1, 0.15) is 17.3 Å². The third kappa shape index (κ3) is 3.40. The van der Waals surface area contributed by atoms with E-state index in [0.717, 1.165) is 0 Å². The molecule has 1 atom stereocenters. The van der Waals surface area contributed by atoms with Gasteiger partial charge in [0, 0.05) is 14.1 Å². The number of amides is 1. The Morgan fingerprint density at radius 3 is 2.00 bits per heavy atom. The molecule has 0 spiro atoms. The molecule has 0 saturated heterocycles. The Bertz CT molecular complexity index is 476. The molecule has 0 saturated carbocycles. The molecule has 0 N–H and O–H groups in total. The second-order valence-corrected chi connectivity index (χ2v) is 4.32. The Labute approximate surface area is 118 Å². The van der Waals surface area contributed by atoms with Crippen molar-refractivity contribution in [1.82, 2.24) is 4.90 Å². The normalized spacial score (nSPS) is 11.4. The summed E-state index contributed by atoms with van der Waals surface area (Å²) in [5.41, 5.74) is 0.163. The van der Waals surface area contributed by atoms with Crippen molar-refractivity contribution in [2.24, 2.45) is 0 Å². The van der Waals surface area contributed by atoms with Crippen molar-refractivity contribution in [3.05, 3.63) is 23.8 Å². The topological polar surface area (TPSA) is 65.1 Å². The summed E-state index contributed by atoms with van der Waals surface area (Å²) in [6, 6.07) is 4.94. The van der Waals surface area contributed by atoms with Crippen LogP contribution in [0.3, 0.4) is 0 Å². The SMILES string of the molecule is COc1cccc(OC)c1C(=O)O[C@H](C)C(=O)N(C)C. The number of hydrogen-bond donors (Lipinski definition) is 0. The highest BCUT2D eigenvalue weighted by Gasteiger charge is 2.25. The predicted octanol–water partition coefficient (Wildman–Crippen LogP) is 1.34. The van der Waals surface area contributed by atoms with E-state index in [-0.39, 0.29) is 11.5 Å². The maximum atomic E-state index is 12.2. The van der Waals surface area contributed by atoms with E-state index in [2.05, 4.69) is 0 Å². The van der Waals surface area contributed by atoms with Crippen LogP contribution in [0.25, 0.3) is 0 Å². The molecule has 0 unspecified atom stereocenters. The van der Waals surface area contributed by atoms with Crippen molar-refractivity contribution in [2.45, 2.75) is 13.0 Å². The van der Waals surface area contributed by atoms with Crippen LogP contribution < -0.4 is 9.47 Å². The van der Waals surface area contributed by atoms with Gasteiger partial charge in [-0.25, -0.2) is 4.79 Å². The maximum absolute atomic E-state index is 12.2. The van der Waals surface area contributed by atoms with E-state index in [4.69, 9.17) is 14.2 Å². The van der Waals surface area contributed by atoms with Gasteiger partial charge in [-0.15, -0.1) is 0 Å². The second kappa shape index (κ2) is 6.79. The number of likely N-dealkylation sites (N-methyl/N-ethyl adjacent to an activating group) is 1. The van der Waals surface area contributed by atoms with E-state index >= 15 is 0 Å². The number of hydrogen-bond acceptors (Lipinski definition) is 5. The molecule has 0 radical (unpaired) electrons. The Kier molecular flexibility index (Phi) is 5.37. The molecule has 0 aliphatic carbocycles. The lowest BCUT2D eigenvalue weighted by atomic mass is 10.1. The zero-order valence-corrected chi connectivity index (χ0v) is 12.3. The Hall–Kier alpha value is -2.24. The van der Waals surface area contributed by atoms with Gasteiger partial charge in [-0.05, 0) is 19.1 Å². The molecule has 0 fully saturated rings. The van der Waals surface area contributed by atoms with Crippen LogP contribution in [-0.2, 0) is 9.53 Å². The minimum absolute atomic E-state index is 0.163. The average molecular weight is 281 g/mol. The van der Waals surface area contributed by atoms with Crippen LogP contribution >= 0.6 is 0 Å². The molecule has 1 aromatic rings. The molecule has 1 aromatic carbocycles. The molecule has 6 nitrogen and oxygen atoms in total. The fourth-order valence-electron chi connectivity index (χ4n) is 1.69. The molecule has 6 heteroatoms. The molecule has 20 heavy (non-hydrogen) atoms. The Morgan fingerprint density at radius 2 is 1.60 bits per heavy atom. The van der Waals surface area contributed by atoms with Gasteiger partial charge >= 0.3 is 5.97 Å². The van der Waals surface area contributed by atoms with Crippen LogP contribution in [0.15, 0.2) is 18.2 Å². The van der Waals surface area contributed by atoms with Crippen molar-refractivity contribution < 1.29 is 23.8 Å². The van der Waals surface area contributed by atoms with Crippen molar-refractivity contribution in [3.8, 4) is 11.5 Å². The van der Waals surface area contributed by atoms with Crippen LogP contribution in [0.2, 0.25) is 0 Å². The average Bonchev–Trinajstić information content (AvgIpc) is 2.44. The first-order chi connectivity index (χ1) is 9.42. The van der Waals surface area contributed by atoms with Gasteiger partial charge in [0.25, 0.3) is 5.91 Å². The summed E-state index contributed by atoms with van der Waals surface area (Å²) in [6.45, 7) is 1.52. The smallest absolute Gasteiger partial charge is 0.346 e. The van der Waals surface area contributed by atoms with Gasteiger partial charge in [-0.1, -0.05) is 6.07 Å². The van der Waals surface area contributed by atoms with Gasteiger partial charge in [0.1, 0.15) is 17.1 Å². The lowest BCUT2D eigenvalue weighted by Crippen LogP contribution is -2.35. The van der Waals surface area contributed by atoms with Gasteiger partial charge in [-0.2, -0.15) is 0 Å². The number of methoxy groups -OCH3 is 2. The Balaban J connectivity index is 3.00. The minimum atomic E-state index is -0.882. The number of esters is 1. The predicted molar refractivity (Wildman–Crippen MR) is 73.1 cm³/mol. The van der Waals surface area contributed by atoms with E-state index in [0.29, 0.717) is 11.5 Å². The number of benzene rings is 1. The number of carbonyl (C=O) groups is 2. The fourth-order valence-corrected chi connectivity index (χ4v) is 1.69. The van der Waals surface area contributed by atoms with Gasteiger partial charge in [0.05, 0.1) is 14.2 Å². The summed E-state index contributed by atoms with van der Waals surface area (Å²) in [6.07, 6.45) is -0.882. The monoisotopic (exact) mass is 281 g/mol. The van der Waals surface area contributed by atoms with Crippen LogP contribution in [0.4, 0.5) is 0 Å². The molecule has 0 aliphatic rings. The van der Waals surface area contributed by atoms with E-state index in [1.807, 2.05) is 0 Å². The molecule has 0 heterocycles. The maximum Gasteiger partial charge on any atom is 0.346 e. The summed E-state index contributed by atoms with van der Waals surface area (Å²) in [7, 11) is 6.08.